The fraction of sp³-hybridized carbons (Fsp3) is 0.651. The molecule has 3 fully saturated rings. The lowest BCUT2D eigenvalue weighted by Gasteiger charge is -2.32. The molecule has 0 N–H and O–H groups in total. The maximum atomic E-state index is 15.1. The molecular weight excluding hydrogens is 735 g/mol. The van der Waals surface area contributed by atoms with Gasteiger partial charge in [0.1, 0.15) is 24.1 Å². The number of rotatable bonds is 8. The smallest absolute Gasteiger partial charge is 0.307 e. The second-order valence-corrected chi connectivity index (χ2v) is 19.3. The molecule has 4 heterocycles. The van der Waals surface area contributed by atoms with E-state index < -0.39 is 99.4 Å². The molecule has 13 heteroatoms. The van der Waals surface area contributed by atoms with Crippen molar-refractivity contribution in [1.82, 2.24) is 9.88 Å². The van der Waals surface area contributed by atoms with Crippen LogP contribution in [0.1, 0.15) is 100 Å². The van der Waals surface area contributed by atoms with Crippen molar-refractivity contribution in [3.8, 4) is 11.6 Å². The van der Waals surface area contributed by atoms with E-state index in [1.165, 1.54) is 4.90 Å². The van der Waals surface area contributed by atoms with Gasteiger partial charge in [-0.1, -0.05) is 26.0 Å². The molecule has 1 saturated heterocycles. The van der Waals surface area contributed by atoms with Gasteiger partial charge in [0.05, 0.1) is 42.4 Å². The Balaban J connectivity index is 1.24. The van der Waals surface area contributed by atoms with E-state index in [-0.39, 0.29) is 37.1 Å². The van der Waals surface area contributed by atoms with Gasteiger partial charge in [-0.2, -0.15) is 0 Å². The molecular formula is C43H57N3O9S. The summed E-state index contributed by atoms with van der Waals surface area (Å²) in [4.78, 5) is 65.7. The Morgan fingerprint density at radius 3 is 2.64 bits per heavy atom. The van der Waals surface area contributed by atoms with Gasteiger partial charge >= 0.3 is 5.97 Å². The number of ketones is 2. The lowest BCUT2D eigenvalue weighted by atomic mass is 9.82. The third kappa shape index (κ3) is 8.48. The second-order valence-electron chi connectivity index (χ2n) is 17.1. The normalized spacial score (nSPS) is 32.6. The van der Waals surface area contributed by atoms with Gasteiger partial charge in [-0.25, -0.2) is 13.4 Å². The quantitative estimate of drug-likeness (QED) is 0.233. The number of hydrogen-bond donors (Lipinski definition) is 0. The fourth-order valence-corrected chi connectivity index (χ4v) is 10.7. The molecule has 0 spiro atoms. The summed E-state index contributed by atoms with van der Waals surface area (Å²) in [6.45, 7) is -0.761. The maximum Gasteiger partial charge on any atom is 0.307 e. The minimum atomic E-state index is -3.69. The van der Waals surface area contributed by atoms with E-state index in [1.54, 1.807) is 13.1 Å². The van der Waals surface area contributed by atoms with Gasteiger partial charge in [0.25, 0.3) is 0 Å². The summed E-state index contributed by atoms with van der Waals surface area (Å²) in [5.41, 5.74) is -3.23. The van der Waals surface area contributed by atoms with E-state index in [1.807, 2.05) is 44.3 Å². The molecule has 3 aliphatic heterocycles. The molecule has 2 aliphatic carbocycles. The van der Waals surface area contributed by atoms with Gasteiger partial charge < -0.3 is 24.0 Å². The van der Waals surface area contributed by atoms with E-state index in [0.717, 1.165) is 18.0 Å². The Bertz CT molecular complexity index is 2230. The topological polar surface area (TPSA) is 149 Å². The summed E-state index contributed by atoms with van der Waals surface area (Å²) < 4.78 is 91.8. The largest absolute Gasteiger partial charge is 0.489 e. The number of nitrogens with zero attached hydrogens (tertiary/aromatic N) is 3. The molecule has 0 radical (unpaired) electrons. The van der Waals surface area contributed by atoms with Gasteiger partial charge in [0.15, 0.2) is 27.2 Å². The zero-order valence-electron chi connectivity index (χ0n) is 38.6. The van der Waals surface area contributed by atoms with Gasteiger partial charge in [-0.15, -0.1) is 0 Å². The van der Waals surface area contributed by atoms with Crippen LogP contribution in [0.4, 0.5) is 5.69 Å². The Labute approximate surface area is 339 Å². The number of amides is 1. The lowest BCUT2D eigenvalue weighted by Crippen LogP contribution is -2.47. The molecule has 56 heavy (non-hydrogen) atoms. The van der Waals surface area contributed by atoms with Crippen LogP contribution in [0.25, 0.3) is 10.8 Å². The van der Waals surface area contributed by atoms with Gasteiger partial charge in [-0.3, -0.25) is 19.2 Å². The number of aromatic nitrogens is 1. The van der Waals surface area contributed by atoms with Crippen LogP contribution in [0.15, 0.2) is 36.5 Å². The van der Waals surface area contributed by atoms with Crippen molar-refractivity contribution in [2.45, 2.75) is 115 Å². The van der Waals surface area contributed by atoms with Crippen molar-refractivity contribution in [3.63, 3.8) is 0 Å². The third-order valence-corrected chi connectivity index (χ3v) is 14.5. The molecule has 1 amide bonds. The molecule has 7 atom stereocenters. The molecule has 5 aliphatic rings. The first-order valence-electron chi connectivity index (χ1n) is 22.8. The molecule has 0 unspecified atom stereocenters. The van der Waals surface area contributed by atoms with Crippen molar-refractivity contribution in [2.75, 3.05) is 37.4 Å². The van der Waals surface area contributed by atoms with E-state index in [9.17, 15) is 22.8 Å². The summed E-state index contributed by atoms with van der Waals surface area (Å²) in [6, 6.07) is 4.45. The second kappa shape index (κ2) is 15.4. The van der Waals surface area contributed by atoms with Crippen LogP contribution in [0.3, 0.4) is 0 Å². The number of pyridine rings is 1. The SMILES string of the molecule is [2H]C([2H])([2H])C(C)(OC(=O)C[C@@H]1C(=O)N2C[C@H](Oc3nccc4c5c(ccc34)N(C)CCO5)C[C@H]2C(=O)C[C@]2(C(=O)CS(=O)(=O)C3CC3)C[C@H]2/C=C\CC[C@H](C)C[C@H]1C)C([2H])([2H])[2H]. The van der Waals surface area contributed by atoms with E-state index >= 15 is 4.79 Å². The number of Topliss-reactive ketones (excluding diaryl/α,β-unsaturated/α-hetero) is 2. The minimum Gasteiger partial charge on any atom is -0.489 e. The Kier molecular flexibility index (Phi) is 9.08. The maximum absolute atomic E-state index is 15.1. The summed E-state index contributed by atoms with van der Waals surface area (Å²) in [5, 5.41) is 0.850. The van der Waals surface area contributed by atoms with Crippen molar-refractivity contribution < 1.29 is 50.0 Å². The highest BCUT2D eigenvalue weighted by atomic mass is 32.2. The number of benzene rings is 1. The average molecular weight is 798 g/mol. The first-order chi connectivity index (χ1) is 29.0. The zero-order chi connectivity index (χ0) is 45.2. The van der Waals surface area contributed by atoms with Crippen LogP contribution in [-0.4, -0.2) is 97.2 Å². The number of likely N-dealkylation sites (N-methyl/N-ethyl adjacent to an activating group) is 1. The average Bonchev–Trinajstić information content (AvgIpc) is 4.11. The van der Waals surface area contributed by atoms with Gasteiger partial charge in [0, 0.05) is 50.5 Å². The highest BCUT2D eigenvalue weighted by molar-refractivity contribution is 7.93. The molecule has 12 nitrogen and oxygen atoms in total. The molecule has 1 aromatic heterocycles. The number of allylic oxidation sites excluding steroid dienone is 2. The number of anilines is 1. The number of fused-ring (bicyclic) bond motifs is 5. The predicted octanol–water partition coefficient (Wildman–Crippen LogP) is 5.88. The lowest BCUT2D eigenvalue weighted by molar-refractivity contribution is -0.160. The fourth-order valence-electron chi connectivity index (χ4n) is 8.99. The van der Waals surface area contributed by atoms with Crippen molar-refractivity contribution >= 4 is 49.7 Å². The molecule has 2 saturated carbocycles. The highest BCUT2D eigenvalue weighted by Gasteiger charge is 2.61. The molecule has 2 aromatic rings. The van der Waals surface area contributed by atoms with Crippen molar-refractivity contribution in [3.05, 3.63) is 36.5 Å². The number of carbonyl (C=O) groups is 4. The summed E-state index contributed by atoms with van der Waals surface area (Å²) in [6.07, 6.45) is 6.72. The van der Waals surface area contributed by atoms with E-state index in [2.05, 4.69) is 9.88 Å². The number of hydrogen-bond acceptors (Lipinski definition) is 11. The molecule has 304 valence electrons. The minimum absolute atomic E-state index is 0.00388. The Morgan fingerprint density at radius 1 is 1.11 bits per heavy atom. The summed E-state index contributed by atoms with van der Waals surface area (Å²) in [5.74, 6) is -4.51. The summed E-state index contributed by atoms with van der Waals surface area (Å²) >= 11 is 0. The predicted molar refractivity (Wildman–Crippen MR) is 212 cm³/mol. The monoisotopic (exact) mass is 797 g/mol. The standard InChI is InChI=1S/C43H57N3O9S/c1-26-9-7-8-10-28-22-43(28,37(48)25-56(51,52)30-11-12-30)23-36(47)35-20-29(24-46(35)41(50)33(27(2)19-26)21-38(49)55-42(3,4)5)54-40-32-13-14-34-39(31(32)15-16-44-40)53-18-17-45(34)6/h8,10,13-16,26-30,33,35H,7,9,11-12,17-25H2,1-6H3/b10-8-/t26-,27+,28+,29+,33-,35-,43+/m0/s1/i3D3,4D3. The van der Waals surface area contributed by atoms with Crippen LogP contribution in [0.2, 0.25) is 0 Å². The Morgan fingerprint density at radius 2 is 1.89 bits per heavy atom. The number of sulfone groups is 1. The van der Waals surface area contributed by atoms with E-state index in [4.69, 9.17) is 22.4 Å². The van der Waals surface area contributed by atoms with Crippen LogP contribution < -0.4 is 14.4 Å². The number of ether oxygens (including phenoxy) is 3. The van der Waals surface area contributed by atoms with Crippen LogP contribution >= 0.6 is 0 Å². The van der Waals surface area contributed by atoms with Gasteiger partial charge in [0.2, 0.25) is 11.8 Å². The first kappa shape index (κ1) is 33.0. The zero-order valence-corrected chi connectivity index (χ0v) is 33.4. The molecule has 0 bridgehead atoms. The van der Waals surface area contributed by atoms with Crippen LogP contribution in [0.5, 0.6) is 11.6 Å². The third-order valence-electron chi connectivity index (χ3n) is 12.3. The summed E-state index contributed by atoms with van der Waals surface area (Å²) in [7, 11) is -1.72. The van der Waals surface area contributed by atoms with Gasteiger partial charge in [-0.05, 0) is 95.1 Å². The van der Waals surface area contributed by atoms with Crippen molar-refractivity contribution in [1.29, 1.82) is 0 Å². The first-order valence-corrected chi connectivity index (χ1v) is 21.6. The van der Waals surface area contributed by atoms with Crippen molar-refractivity contribution in [2.24, 2.45) is 29.1 Å². The van der Waals surface area contributed by atoms with Crippen LogP contribution in [0, 0.1) is 29.1 Å². The number of esters is 1. The molecule has 7 rings (SSSR count). The highest BCUT2D eigenvalue weighted by Crippen LogP contribution is 2.58. The van der Waals surface area contributed by atoms with E-state index in [0.29, 0.717) is 62.8 Å². The number of carbonyl (C=O) groups excluding carboxylic acids is 4. The van der Waals surface area contributed by atoms with Crippen LogP contribution in [-0.2, 0) is 33.8 Å². The molecule has 1 aromatic carbocycles. The Hall–Kier alpha value is -4.00.